The lowest BCUT2D eigenvalue weighted by Crippen LogP contribution is -2.37. The second kappa shape index (κ2) is 7.06. The Morgan fingerprint density at radius 2 is 2.00 bits per heavy atom. The van der Waals surface area contributed by atoms with Crippen molar-refractivity contribution >= 4 is 10.0 Å². The van der Waals surface area contributed by atoms with Crippen LogP contribution < -0.4 is 15.2 Å². The zero-order valence-electron chi connectivity index (χ0n) is 12.5. The first-order chi connectivity index (χ1) is 9.35. The number of sulfonamides is 1. The second-order valence-corrected chi connectivity index (χ2v) is 6.67. The summed E-state index contributed by atoms with van der Waals surface area (Å²) in [6, 6.07) is 4.81. The van der Waals surface area contributed by atoms with Gasteiger partial charge in [-0.15, -0.1) is 0 Å². The van der Waals surface area contributed by atoms with Crippen molar-refractivity contribution in [3.8, 4) is 5.75 Å². The van der Waals surface area contributed by atoms with Gasteiger partial charge in [0.15, 0.2) is 0 Å². The van der Waals surface area contributed by atoms with E-state index in [0.717, 1.165) is 12.0 Å². The zero-order valence-corrected chi connectivity index (χ0v) is 13.3. The molecule has 0 radical (unpaired) electrons. The minimum Gasteiger partial charge on any atom is -0.495 e. The summed E-state index contributed by atoms with van der Waals surface area (Å²) >= 11 is 0. The van der Waals surface area contributed by atoms with Crippen LogP contribution in [0.3, 0.4) is 0 Å². The largest absolute Gasteiger partial charge is 0.495 e. The molecule has 1 aromatic carbocycles. The van der Waals surface area contributed by atoms with Crippen LogP contribution in [0.1, 0.15) is 32.8 Å². The van der Waals surface area contributed by atoms with Gasteiger partial charge in [0, 0.05) is 12.6 Å². The van der Waals surface area contributed by atoms with Crippen LogP contribution in [-0.2, 0) is 16.6 Å². The molecular weight excluding hydrogens is 276 g/mol. The van der Waals surface area contributed by atoms with E-state index >= 15 is 0 Å². The average Bonchev–Trinajstić information content (AvgIpc) is 2.44. The van der Waals surface area contributed by atoms with E-state index in [9.17, 15) is 8.42 Å². The molecule has 2 atom stereocenters. The molecule has 0 amide bonds. The molecule has 1 rings (SSSR count). The summed E-state index contributed by atoms with van der Waals surface area (Å²) in [5.41, 5.74) is 6.32. The Bertz CT molecular complexity index is 543. The molecule has 0 aliphatic carbocycles. The van der Waals surface area contributed by atoms with E-state index < -0.39 is 10.0 Å². The standard InChI is InChI=1S/C14H24N2O3S/c1-5-10(2)11(3)16-20(17,18)14-8-12(9-15)6-7-13(14)19-4/h6-8,10-11,16H,5,9,15H2,1-4H3. The molecule has 0 heterocycles. The van der Waals surface area contributed by atoms with Crippen molar-refractivity contribution in [2.45, 2.75) is 44.7 Å². The molecule has 0 bridgehead atoms. The van der Waals surface area contributed by atoms with E-state index in [1.165, 1.54) is 7.11 Å². The Balaban J connectivity index is 3.14. The molecule has 0 fully saturated rings. The normalized spacial score (nSPS) is 14.8. The molecule has 0 saturated carbocycles. The molecule has 20 heavy (non-hydrogen) atoms. The summed E-state index contributed by atoms with van der Waals surface area (Å²) in [4.78, 5) is 0.137. The van der Waals surface area contributed by atoms with E-state index in [1.807, 2.05) is 20.8 Å². The Hall–Kier alpha value is -1.11. The minimum absolute atomic E-state index is 0.137. The van der Waals surface area contributed by atoms with Crippen LogP contribution in [0.25, 0.3) is 0 Å². The van der Waals surface area contributed by atoms with Gasteiger partial charge in [0.2, 0.25) is 10.0 Å². The van der Waals surface area contributed by atoms with Crippen molar-refractivity contribution in [1.82, 2.24) is 4.72 Å². The van der Waals surface area contributed by atoms with Crippen LogP contribution in [-0.4, -0.2) is 21.6 Å². The van der Waals surface area contributed by atoms with Crippen molar-refractivity contribution in [2.75, 3.05) is 7.11 Å². The van der Waals surface area contributed by atoms with Gasteiger partial charge in [0.1, 0.15) is 10.6 Å². The monoisotopic (exact) mass is 300 g/mol. The van der Waals surface area contributed by atoms with Crippen LogP contribution >= 0.6 is 0 Å². The number of ether oxygens (including phenoxy) is 1. The molecule has 0 spiro atoms. The molecule has 2 unspecified atom stereocenters. The van der Waals surface area contributed by atoms with Gasteiger partial charge < -0.3 is 10.5 Å². The zero-order chi connectivity index (χ0) is 15.3. The lowest BCUT2D eigenvalue weighted by molar-refractivity contribution is 0.399. The highest BCUT2D eigenvalue weighted by Crippen LogP contribution is 2.25. The first-order valence-corrected chi connectivity index (χ1v) is 8.23. The van der Waals surface area contributed by atoms with Crippen LogP contribution in [0, 0.1) is 5.92 Å². The highest BCUT2D eigenvalue weighted by atomic mass is 32.2. The van der Waals surface area contributed by atoms with Crippen LogP contribution in [0.4, 0.5) is 0 Å². The molecule has 5 nitrogen and oxygen atoms in total. The predicted octanol–water partition coefficient (Wildman–Crippen LogP) is 1.87. The molecular formula is C14H24N2O3S. The molecule has 3 N–H and O–H groups in total. The SMILES string of the molecule is CCC(C)C(C)NS(=O)(=O)c1cc(CN)ccc1OC. The number of hydrogen-bond acceptors (Lipinski definition) is 4. The maximum Gasteiger partial charge on any atom is 0.244 e. The Morgan fingerprint density at radius 1 is 1.35 bits per heavy atom. The maximum absolute atomic E-state index is 12.5. The van der Waals surface area contributed by atoms with Crippen molar-refractivity contribution in [1.29, 1.82) is 0 Å². The van der Waals surface area contributed by atoms with Gasteiger partial charge in [-0.3, -0.25) is 0 Å². The molecule has 1 aromatic rings. The third-order valence-corrected chi connectivity index (χ3v) is 5.17. The summed E-state index contributed by atoms with van der Waals surface area (Å²) in [6.45, 7) is 6.20. The second-order valence-electron chi connectivity index (χ2n) is 4.98. The van der Waals surface area contributed by atoms with Crippen molar-refractivity contribution in [3.05, 3.63) is 23.8 Å². The van der Waals surface area contributed by atoms with Gasteiger partial charge in [-0.1, -0.05) is 26.3 Å². The first kappa shape index (κ1) is 16.9. The lowest BCUT2D eigenvalue weighted by Gasteiger charge is -2.20. The smallest absolute Gasteiger partial charge is 0.244 e. The van der Waals surface area contributed by atoms with Crippen molar-refractivity contribution in [2.24, 2.45) is 11.7 Å². The lowest BCUT2D eigenvalue weighted by atomic mass is 10.0. The van der Waals surface area contributed by atoms with Crippen LogP contribution in [0.5, 0.6) is 5.75 Å². The van der Waals surface area contributed by atoms with Crippen LogP contribution in [0.2, 0.25) is 0 Å². The number of hydrogen-bond donors (Lipinski definition) is 2. The highest BCUT2D eigenvalue weighted by molar-refractivity contribution is 7.89. The van der Waals surface area contributed by atoms with Gasteiger partial charge in [-0.25, -0.2) is 13.1 Å². The van der Waals surface area contributed by atoms with Crippen molar-refractivity contribution < 1.29 is 13.2 Å². The van der Waals surface area contributed by atoms with Crippen LogP contribution in [0.15, 0.2) is 23.1 Å². The molecule has 6 heteroatoms. The van der Waals surface area contributed by atoms with E-state index in [4.69, 9.17) is 10.5 Å². The third-order valence-electron chi connectivity index (χ3n) is 3.59. The molecule has 0 aliphatic rings. The Morgan fingerprint density at radius 3 is 2.50 bits per heavy atom. The summed E-state index contributed by atoms with van der Waals surface area (Å²) in [7, 11) is -2.17. The molecule has 0 aliphatic heterocycles. The van der Waals surface area contributed by atoms with E-state index in [1.54, 1.807) is 18.2 Å². The van der Waals surface area contributed by atoms with E-state index in [-0.39, 0.29) is 23.4 Å². The van der Waals surface area contributed by atoms with E-state index in [0.29, 0.717) is 5.75 Å². The summed E-state index contributed by atoms with van der Waals surface area (Å²) < 4.78 is 32.8. The van der Waals surface area contributed by atoms with Gasteiger partial charge in [-0.05, 0) is 30.5 Å². The molecule has 0 saturated heterocycles. The van der Waals surface area contributed by atoms with Gasteiger partial charge in [0.25, 0.3) is 0 Å². The summed E-state index contributed by atoms with van der Waals surface area (Å²) in [5.74, 6) is 0.583. The predicted molar refractivity (Wildman–Crippen MR) is 80.1 cm³/mol. The van der Waals surface area contributed by atoms with Gasteiger partial charge in [0.05, 0.1) is 7.11 Å². The quantitative estimate of drug-likeness (QED) is 0.805. The van der Waals surface area contributed by atoms with E-state index in [2.05, 4.69) is 4.72 Å². The summed E-state index contributed by atoms with van der Waals surface area (Å²) in [6.07, 6.45) is 0.906. The van der Waals surface area contributed by atoms with Crippen molar-refractivity contribution in [3.63, 3.8) is 0 Å². The average molecular weight is 300 g/mol. The molecule has 0 aromatic heterocycles. The number of methoxy groups -OCH3 is 1. The van der Waals surface area contributed by atoms with Gasteiger partial charge >= 0.3 is 0 Å². The number of nitrogens with one attached hydrogen (secondary N) is 1. The highest BCUT2D eigenvalue weighted by Gasteiger charge is 2.24. The minimum atomic E-state index is -3.62. The number of nitrogens with two attached hydrogens (primary N) is 1. The fraction of sp³-hybridized carbons (Fsp3) is 0.571. The Kier molecular flexibility index (Phi) is 5.98. The molecule has 114 valence electrons. The fourth-order valence-electron chi connectivity index (χ4n) is 1.84. The maximum atomic E-state index is 12.5. The topological polar surface area (TPSA) is 81.4 Å². The Labute approximate surface area is 121 Å². The van der Waals surface area contributed by atoms with Gasteiger partial charge in [-0.2, -0.15) is 0 Å². The number of benzene rings is 1. The number of rotatable bonds is 7. The summed E-state index contributed by atoms with van der Waals surface area (Å²) in [5, 5.41) is 0. The third kappa shape index (κ3) is 3.94. The fourth-order valence-corrected chi connectivity index (χ4v) is 3.41. The first-order valence-electron chi connectivity index (χ1n) is 6.75.